The summed E-state index contributed by atoms with van der Waals surface area (Å²) in [6.45, 7) is 6.71. The molecule has 1 aromatic heterocycles. The number of thiophene rings is 1. The van der Waals surface area contributed by atoms with Crippen LogP contribution in [0.5, 0.6) is 0 Å². The summed E-state index contributed by atoms with van der Waals surface area (Å²) < 4.78 is 0. The smallest absolute Gasteiger partial charge is 0.00490 e. The molecule has 1 heterocycles. The molecule has 0 bridgehead atoms. The third-order valence-corrected chi connectivity index (χ3v) is 3.45. The number of unbranched alkanes of at least 4 members (excludes halogenated alkanes) is 3. The van der Waals surface area contributed by atoms with Crippen molar-refractivity contribution in [3.05, 3.63) is 21.4 Å². The number of rotatable bonds is 5. The van der Waals surface area contributed by atoms with Gasteiger partial charge in [-0.2, -0.15) is 0 Å². The highest BCUT2D eigenvalue weighted by Crippen LogP contribution is 2.22. The zero-order valence-electron chi connectivity index (χ0n) is 9.02. The van der Waals surface area contributed by atoms with Gasteiger partial charge in [0.2, 0.25) is 0 Å². The minimum absolute atomic E-state index is 0. The maximum absolute atomic E-state index is 2.35. The molecule has 0 unspecified atom stereocenters. The lowest BCUT2D eigenvalue weighted by Crippen LogP contribution is -1.84. The molecule has 0 saturated heterocycles. The highest BCUT2D eigenvalue weighted by molar-refractivity contribution is 7.12. The average molecular weight is 212 g/mol. The van der Waals surface area contributed by atoms with Gasteiger partial charge in [0.25, 0.3) is 0 Å². The Kier molecular flexibility index (Phi) is 6.90. The third kappa shape index (κ3) is 4.28. The molecule has 1 heteroatoms. The zero-order chi connectivity index (χ0) is 9.68. The van der Waals surface area contributed by atoms with Crippen LogP contribution in [0.2, 0.25) is 0 Å². The highest BCUT2D eigenvalue weighted by Gasteiger charge is 2.01. The Bertz CT molecular complexity index is 248. The molecule has 0 amide bonds. The number of hydrogen-bond acceptors (Lipinski definition) is 1. The topological polar surface area (TPSA) is 0 Å². The Morgan fingerprint density at radius 2 is 1.86 bits per heavy atom. The van der Waals surface area contributed by atoms with Gasteiger partial charge in [0.1, 0.15) is 0 Å². The quantitative estimate of drug-likeness (QED) is 0.594. The summed E-state index contributed by atoms with van der Waals surface area (Å²) in [5.41, 5.74) is 1.58. The fraction of sp³-hybridized carbons (Fsp3) is 0.692. The minimum atomic E-state index is 0. The molecule has 0 atom stereocenters. The van der Waals surface area contributed by atoms with Crippen LogP contribution in [0.4, 0.5) is 0 Å². The lowest BCUT2D eigenvalue weighted by atomic mass is 10.1. The van der Waals surface area contributed by atoms with Crippen LogP contribution in [-0.2, 0) is 6.42 Å². The standard InChI is InChI=1S/C12H20S.CH4/c1-4-5-6-7-8-12-9-10(2)13-11(12)3;/h9H,4-8H2,1-3H3;1H4. The van der Waals surface area contributed by atoms with Crippen LogP contribution in [0.15, 0.2) is 6.07 Å². The maximum Gasteiger partial charge on any atom is 0.00490 e. The molecule has 0 spiro atoms. The molecule has 0 radical (unpaired) electrons. The lowest BCUT2D eigenvalue weighted by molar-refractivity contribution is 0.666. The van der Waals surface area contributed by atoms with Crippen molar-refractivity contribution in [2.45, 2.75) is 60.3 Å². The van der Waals surface area contributed by atoms with E-state index in [-0.39, 0.29) is 7.43 Å². The molecule has 0 saturated carbocycles. The first-order chi connectivity index (χ1) is 6.24. The zero-order valence-corrected chi connectivity index (χ0v) is 9.84. The molecule has 1 rings (SSSR count). The first kappa shape index (κ1) is 13.7. The van der Waals surface area contributed by atoms with Crippen LogP contribution < -0.4 is 0 Å². The van der Waals surface area contributed by atoms with E-state index in [2.05, 4.69) is 26.8 Å². The molecule has 82 valence electrons. The van der Waals surface area contributed by atoms with Crippen molar-refractivity contribution < 1.29 is 0 Å². The largest absolute Gasteiger partial charge is 0.146 e. The number of hydrogen-bond donors (Lipinski definition) is 0. The van der Waals surface area contributed by atoms with Crippen molar-refractivity contribution >= 4 is 11.3 Å². The van der Waals surface area contributed by atoms with Gasteiger partial charge >= 0.3 is 0 Å². The molecule has 0 aliphatic carbocycles. The SMILES string of the molecule is C.CCCCCCc1cc(C)sc1C. The monoisotopic (exact) mass is 212 g/mol. The van der Waals surface area contributed by atoms with Gasteiger partial charge in [-0.1, -0.05) is 33.6 Å². The van der Waals surface area contributed by atoms with Gasteiger partial charge in [0.05, 0.1) is 0 Å². The van der Waals surface area contributed by atoms with Crippen LogP contribution in [0.3, 0.4) is 0 Å². The van der Waals surface area contributed by atoms with Gasteiger partial charge in [-0.3, -0.25) is 0 Å². The van der Waals surface area contributed by atoms with Gasteiger partial charge in [0, 0.05) is 9.75 Å². The van der Waals surface area contributed by atoms with E-state index in [4.69, 9.17) is 0 Å². The predicted octanol–water partition coefficient (Wildman–Crippen LogP) is 5.12. The summed E-state index contributed by atoms with van der Waals surface area (Å²) in [7, 11) is 0. The lowest BCUT2D eigenvalue weighted by Gasteiger charge is -1.98. The summed E-state index contributed by atoms with van der Waals surface area (Å²) in [6.07, 6.45) is 6.77. The molecular weight excluding hydrogens is 188 g/mol. The van der Waals surface area contributed by atoms with E-state index in [1.54, 1.807) is 5.56 Å². The minimum Gasteiger partial charge on any atom is -0.146 e. The van der Waals surface area contributed by atoms with Gasteiger partial charge in [-0.05, 0) is 38.3 Å². The molecule has 0 aliphatic rings. The second kappa shape index (κ2) is 7.05. The van der Waals surface area contributed by atoms with Gasteiger partial charge in [0.15, 0.2) is 0 Å². The Hall–Kier alpha value is -0.300. The molecule has 0 aliphatic heterocycles. The van der Waals surface area contributed by atoms with Gasteiger partial charge < -0.3 is 0 Å². The van der Waals surface area contributed by atoms with E-state index in [1.165, 1.54) is 41.9 Å². The van der Waals surface area contributed by atoms with Gasteiger partial charge in [-0.15, -0.1) is 11.3 Å². The van der Waals surface area contributed by atoms with Crippen molar-refractivity contribution in [3.8, 4) is 0 Å². The van der Waals surface area contributed by atoms with Crippen molar-refractivity contribution in [3.63, 3.8) is 0 Å². The Balaban J connectivity index is 0.00000169. The normalized spacial score (nSPS) is 9.93. The summed E-state index contributed by atoms with van der Waals surface area (Å²) in [5, 5.41) is 0. The van der Waals surface area contributed by atoms with Crippen molar-refractivity contribution in [2.24, 2.45) is 0 Å². The summed E-state index contributed by atoms with van der Waals surface area (Å²) in [4.78, 5) is 2.98. The Morgan fingerprint density at radius 3 is 2.36 bits per heavy atom. The first-order valence-electron chi connectivity index (χ1n) is 5.30. The van der Waals surface area contributed by atoms with Crippen molar-refractivity contribution in [1.29, 1.82) is 0 Å². The second-order valence-electron chi connectivity index (χ2n) is 3.75. The van der Waals surface area contributed by atoms with Crippen molar-refractivity contribution in [2.75, 3.05) is 0 Å². The Labute approximate surface area is 93.4 Å². The highest BCUT2D eigenvalue weighted by atomic mass is 32.1. The van der Waals surface area contributed by atoms with Gasteiger partial charge in [-0.25, -0.2) is 0 Å². The predicted molar refractivity (Wildman–Crippen MR) is 68.4 cm³/mol. The average Bonchev–Trinajstić information content (AvgIpc) is 2.39. The maximum atomic E-state index is 2.35. The fourth-order valence-electron chi connectivity index (χ4n) is 1.67. The van der Waals surface area contributed by atoms with E-state index < -0.39 is 0 Å². The van der Waals surface area contributed by atoms with Crippen LogP contribution in [-0.4, -0.2) is 0 Å². The van der Waals surface area contributed by atoms with Crippen LogP contribution in [0.1, 0.15) is 55.4 Å². The van der Waals surface area contributed by atoms with E-state index in [1.807, 2.05) is 11.3 Å². The molecule has 0 nitrogen and oxygen atoms in total. The molecule has 14 heavy (non-hydrogen) atoms. The van der Waals surface area contributed by atoms with Crippen LogP contribution in [0.25, 0.3) is 0 Å². The van der Waals surface area contributed by atoms with Crippen LogP contribution in [0, 0.1) is 13.8 Å². The second-order valence-corrected chi connectivity index (χ2v) is 5.21. The molecular formula is C13H24S. The Morgan fingerprint density at radius 1 is 1.14 bits per heavy atom. The van der Waals surface area contributed by atoms with E-state index in [0.717, 1.165) is 0 Å². The summed E-state index contributed by atoms with van der Waals surface area (Å²) in [6, 6.07) is 2.35. The van der Waals surface area contributed by atoms with E-state index >= 15 is 0 Å². The number of aryl methyl sites for hydroxylation is 3. The first-order valence-corrected chi connectivity index (χ1v) is 6.11. The summed E-state index contributed by atoms with van der Waals surface area (Å²) >= 11 is 1.93. The van der Waals surface area contributed by atoms with E-state index in [0.29, 0.717) is 0 Å². The molecule has 0 N–H and O–H groups in total. The third-order valence-electron chi connectivity index (χ3n) is 2.44. The van der Waals surface area contributed by atoms with Crippen molar-refractivity contribution in [1.82, 2.24) is 0 Å². The van der Waals surface area contributed by atoms with E-state index in [9.17, 15) is 0 Å². The molecule has 0 aromatic carbocycles. The molecule has 1 aromatic rings. The fourth-order valence-corrected chi connectivity index (χ4v) is 2.65. The molecule has 0 fully saturated rings. The van der Waals surface area contributed by atoms with Crippen LogP contribution >= 0.6 is 11.3 Å². The summed E-state index contributed by atoms with van der Waals surface area (Å²) in [5.74, 6) is 0.